The second-order valence-electron chi connectivity index (χ2n) is 5.07. The average Bonchev–Trinajstić information content (AvgIpc) is 2.43. The van der Waals surface area contributed by atoms with Gasteiger partial charge < -0.3 is 15.3 Å². The van der Waals surface area contributed by atoms with Gasteiger partial charge in [0.1, 0.15) is 6.04 Å². The maximum atomic E-state index is 12.1. The second kappa shape index (κ2) is 5.77. The molecule has 5 nitrogen and oxygen atoms in total. The Morgan fingerprint density at radius 2 is 2.05 bits per heavy atom. The van der Waals surface area contributed by atoms with E-state index in [0.717, 1.165) is 16.7 Å². The van der Waals surface area contributed by atoms with Crippen LogP contribution in [0.5, 0.6) is 0 Å². The van der Waals surface area contributed by atoms with Crippen molar-refractivity contribution in [1.82, 2.24) is 10.2 Å². The zero-order chi connectivity index (χ0) is 14.7. The summed E-state index contributed by atoms with van der Waals surface area (Å²) in [6.07, 6.45) is 0.339. The van der Waals surface area contributed by atoms with Crippen molar-refractivity contribution in [2.75, 3.05) is 6.54 Å². The van der Waals surface area contributed by atoms with E-state index in [1.54, 1.807) is 6.92 Å². The molecule has 0 aliphatic carbocycles. The largest absolute Gasteiger partial charge is 0.480 e. The number of nitrogens with zero attached hydrogens (tertiary/aromatic N) is 1. The third kappa shape index (κ3) is 2.99. The first kappa shape index (κ1) is 14.1. The Morgan fingerprint density at radius 3 is 2.65 bits per heavy atom. The number of carbonyl (C=O) groups excluding carboxylic acids is 1. The van der Waals surface area contributed by atoms with Crippen LogP contribution in [0.25, 0.3) is 0 Å². The first-order valence-corrected chi connectivity index (χ1v) is 6.47. The van der Waals surface area contributed by atoms with Gasteiger partial charge >= 0.3 is 12.0 Å². The number of rotatable bonds is 3. The number of nitrogens with one attached hydrogen (secondary N) is 1. The fourth-order valence-electron chi connectivity index (χ4n) is 2.29. The lowest BCUT2D eigenvalue weighted by molar-refractivity contribution is -0.142. The quantitative estimate of drug-likeness (QED) is 0.825. The minimum absolute atomic E-state index is 0.315. The number of hydrogen-bond acceptors (Lipinski definition) is 2. The molecule has 0 aromatic heterocycles. The number of carboxylic acids is 1. The van der Waals surface area contributed by atoms with E-state index in [4.69, 9.17) is 0 Å². The van der Waals surface area contributed by atoms with Crippen LogP contribution >= 0.6 is 0 Å². The summed E-state index contributed by atoms with van der Waals surface area (Å²) >= 11 is 0. The van der Waals surface area contributed by atoms with Crippen molar-refractivity contribution in [2.24, 2.45) is 0 Å². The molecule has 0 radical (unpaired) electrons. The summed E-state index contributed by atoms with van der Waals surface area (Å²) in [4.78, 5) is 24.9. The molecule has 0 spiro atoms. The molecule has 0 saturated carbocycles. The number of hydrogen-bond donors (Lipinski definition) is 2. The van der Waals surface area contributed by atoms with E-state index >= 15 is 0 Å². The molecule has 1 aromatic rings. The molecule has 1 heterocycles. The molecule has 1 aliphatic rings. The Balaban J connectivity index is 2.20. The van der Waals surface area contributed by atoms with Crippen molar-refractivity contribution in [3.05, 3.63) is 47.5 Å². The predicted molar refractivity (Wildman–Crippen MR) is 75.3 cm³/mol. The second-order valence-corrected chi connectivity index (χ2v) is 5.07. The standard InChI is InChI=1S/C15H18N2O3/c1-10(2)8-16-15(20)17-9-12-6-4-3-5-11(12)7-13(17)14(18)19/h3-6,13H,1,7-9H2,2H3,(H,16,20)(H,18,19). The van der Waals surface area contributed by atoms with Gasteiger partial charge in [-0.2, -0.15) is 0 Å². The smallest absolute Gasteiger partial charge is 0.326 e. The summed E-state index contributed by atoms with van der Waals surface area (Å²) in [5, 5.41) is 12.0. The van der Waals surface area contributed by atoms with Crippen molar-refractivity contribution >= 4 is 12.0 Å². The maximum Gasteiger partial charge on any atom is 0.326 e. The zero-order valence-corrected chi connectivity index (χ0v) is 11.4. The van der Waals surface area contributed by atoms with Crippen LogP contribution < -0.4 is 5.32 Å². The molecule has 0 saturated heterocycles. The van der Waals surface area contributed by atoms with Gasteiger partial charge in [0.05, 0.1) is 0 Å². The first-order chi connectivity index (χ1) is 9.49. The number of amides is 2. The summed E-state index contributed by atoms with van der Waals surface area (Å²) in [6, 6.07) is 6.42. The Kier molecular flexibility index (Phi) is 4.08. The molecule has 0 fully saturated rings. The Bertz CT molecular complexity index is 554. The monoisotopic (exact) mass is 274 g/mol. The fourth-order valence-corrected chi connectivity index (χ4v) is 2.29. The van der Waals surface area contributed by atoms with Gasteiger partial charge in [-0.25, -0.2) is 9.59 Å². The summed E-state index contributed by atoms with van der Waals surface area (Å²) in [6.45, 7) is 6.18. The number of benzene rings is 1. The molecule has 20 heavy (non-hydrogen) atoms. The Labute approximate surface area is 117 Å². The van der Waals surface area contributed by atoms with Crippen molar-refractivity contribution in [3.63, 3.8) is 0 Å². The van der Waals surface area contributed by atoms with Crippen LogP contribution in [-0.2, 0) is 17.8 Å². The predicted octanol–water partition coefficient (Wildman–Crippen LogP) is 1.78. The van der Waals surface area contributed by atoms with Crippen LogP contribution in [0.2, 0.25) is 0 Å². The lowest BCUT2D eigenvalue weighted by Crippen LogP contribution is -2.52. The molecular weight excluding hydrogens is 256 g/mol. The van der Waals surface area contributed by atoms with E-state index in [0.29, 0.717) is 19.5 Å². The summed E-state index contributed by atoms with van der Waals surface area (Å²) in [7, 11) is 0. The average molecular weight is 274 g/mol. The summed E-state index contributed by atoms with van der Waals surface area (Å²) < 4.78 is 0. The van der Waals surface area contributed by atoms with Crippen LogP contribution in [0.1, 0.15) is 18.1 Å². The van der Waals surface area contributed by atoms with Gasteiger partial charge in [-0.1, -0.05) is 36.4 Å². The van der Waals surface area contributed by atoms with Crippen molar-refractivity contribution in [2.45, 2.75) is 25.9 Å². The van der Waals surface area contributed by atoms with Crippen molar-refractivity contribution < 1.29 is 14.7 Å². The van der Waals surface area contributed by atoms with E-state index in [9.17, 15) is 14.7 Å². The van der Waals surface area contributed by atoms with Crippen LogP contribution in [-0.4, -0.2) is 34.6 Å². The fraction of sp³-hybridized carbons (Fsp3) is 0.333. The third-order valence-corrected chi connectivity index (χ3v) is 3.34. The van der Waals surface area contributed by atoms with Gasteiger partial charge in [0.2, 0.25) is 0 Å². The molecular formula is C15H18N2O3. The van der Waals surface area contributed by atoms with E-state index in [1.165, 1.54) is 4.90 Å². The molecule has 1 atom stereocenters. The summed E-state index contributed by atoms with van der Waals surface area (Å²) in [5.41, 5.74) is 2.81. The maximum absolute atomic E-state index is 12.1. The Morgan fingerprint density at radius 1 is 1.40 bits per heavy atom. The topological polar surface area (TPSA) is 69.6 Å². The van der Waals surface area contributed by atoms with E-state index in [-0.39, 0.29) is 6.03 Å². The highest BCUT2D eigenvalue weighted by Gasteiger charge is 2.34. The van der Waals surface area contributed by atoms with Gasteiger partial charge in [0.15, 0.2) is 0 Å². The number of fused-ring (bicyclic) bond motifs is 1. The van der Waals surface area contributed by atoms with E-state index in [1.807, 2.05) is 24.3 Å². The Hall–Kier alpha value is -2.30. The molecule has 2 amide bonds. The minimum Gasteiger partial charge on any atom is -0.480 e. The molecule has 0 bridgehead atoms. The lowest BCUT2D eigenvalue weighted by Gasteiger charge is -2.34. The first-order valence-electron chi connectivity index (χ1n) is 6.47. The van der Waals surface area contributed by atoms with Crippen molar-refractivity contribution in [3.8, 4) is 0 Å². The van der Waals surface area contributed by atoms with Crippen LogP contribution in [0.3, 0.4) is 0 Å². The number of urea groups is 1. The summed E-state index contributed by atoms with van der Waals surface area (Å²) in [5.74, 6) is -0.982. The van der Waals surface area contributed by atoms with Gasteiger partial charge in [-0.05, 0) is 18.1 Å². The zero-order valence-electron chi connectivity index (χ0n) is 11.4. The number of carbonyl (C=O) groups is 2. The van der Waals surface area contributed by atoms with Gasteiger partial charge in [-0.15, -0.1) is 0 Å². The highest BCUT2D eigenvalue weighted by molar-refractivity contribution is 5.83. The lowest BCUT2D eigenvalue weighted by atomic mass is 9.94. The molecule has 1 aliphatic heterocycles. The minimum atomic E-state index is -0.982. The van der Waals surface area contributed by atoms with Gasteiger partial charge in [0.25, 0.3) is 0 Å². The molecule has 2 rings (SSSR count). The van der Waals surface area contributed by atoms with Crippen LogP contribution in [0.4, 0.5) is 4.79 Å². The van der Waals surface area contributed by atoms with Crippen molar-refractivity contribution in [1.29, 1.82) is 0 Å². The van der Waals surface area contributed by atoms with E-state index < -0.39 is 12.0 Å². The van der Waals surface area contributed by atoms with Gasteiger partial charge in [-0.3, -0.25) is 0 Å². The highest BCUT2D eigenvalue weighted by Crippen LogP contribution is 2.23. The molecule has 2 N–H and O–H groups in total. The van der Waals surface area contributed by atoms with Crippen LogP contribution in [0.15, 0.2) is 36.4 Å². The molecule has 106 valence electrons. The van der Waals surface area contributed by atoms with E-state index in [2.05, 4.69) is 11.9 Å². The third-order valence-electron chi connectivity index (χ3n) is 3.34. The molecule has 5 heteroatoms. The van der Waals surface area contributed by atoms with Gasteiger partial charge in [0, 0.05) is 19.5 Å². The van der Waals surface area contributed by atoms with Crippen LogP contribution in [0, 0.1) is 0 Å². The number of carboxylic acid groups (broad SMARTS) is 1. The molecule has 1 unspecified atom stereocenters. The molecule has 1 aromatic carbocycles. The number of aliphatic carboxylic acids is 1. The SMILES string of the molecule is C=C(C)CNC(=O)N1Cc2ccccc2CC1C(=O)O. The highest BCUT2D eigenvalue weighted by atomic mass is 16.4. The normalized spacial score (nSPS) is 17.2.